The summed E-state index contributed by atoms with van der Waals surface area (Å²) in [5.41, 5.74) is -0.447. The van der Waals surface area contributed by atoms with Crippen molar-refractivity contribution in [2.24, 2.45) is 0 Å². The number of alkyl carbamates (subject to hydrolysis) is 1. The van der Waals surface area contributed by atoms with Crippen LogP contribution in [0, 0.1) is 0 Å². The Labute approximate surface area is 142 Å². The van der Waals surface area contributed by atoms with Gasteiger partial charge in [0.15, 0.2) is 0 Å². The van der Waals surface area contributed by atoms with Gasteiger partial charge >= 0.3 is 6.09 Å². The van der Waals surface area contributed by atoms with E-state index in [0.717, 1.165) is 19.4 Å². The molecule has 3 unspecified atom stereocenters. The summed E-state index contributed by atoms with van der Waals surface area (Å²) in [7, 11) is 0. The van der Waals surface area contributed by atoms with Gasteiger partial charge in [0, 0.05) is 24.7 Å². The van der Waals surface area contributed by atoms with Gasteiger partial charge in [-0.15, -0.1) is 0 Å². The molecule has 5 heteroatoms. The summed E-state index contributed by atoms with van der Waals surface area (Å²) >= 11 is 0. The van der Waals surface area contributed by atoms with E-state index in [2.05, 4.69) is 29.8 Å². The van der Waals surface area contributed by atoms with Gasteiger partial charge in [0.1, 0.15) is 5.60 Å². The maximum Gasteiger partial charge on any atom is 0.407 e. The van der Waals surface area contributed by atoms with Crippen LogP contribution in [0.5, 0.6) is 0 Å². The van der Waals surface area contributed by atoms with Crippen LogP contribution in [0.15, 0.2) is 0 Å². The van der Waals surface area contributed by atoms with E-state index in [1.165, 1.54) is 25.7 Å². The molecular formula is C18H37N3O2. The van der Waals surface area contributed by atoms with Crippen molar-refractivity contribution in [1.82, 2.24) is 16.0 Å². The molecular weight excluding hydrogens is 290 g/mol. The number of amides is 1. The molecule has 1 saturated heterocycles. The maximum atomic E-state index is 11.7. The molecule has 1 heterocycles. The zero-order valence-electron chi connectivity index (χ0n) is 15.7. The van der Waals surface area contributed by atoms with E-state index >= 15 is 0 Å². The van der Waals surface area contributed by atoms with Crippen LogP contribution >= 0.6 is 0 Å². The second kappa shape index (κ2) is 10.1. The predicted octanol–water partition coefficient (Wildman–Crippen LogP) is 3.19. The van der Waals surface area contributed by atoms with Crippen LogP contribution in [0.25, 0.3) is 0 Å². The molecule has 1 aliphatic heterocycles. The van der Waals surface area contributed by atoms with Crippen molar-refractivity contribution in [1.29, 1.82) is 0 Å². The molecule has 23 heavy (non-hydrogen) atoms. The van der Waals surface area contributed by atoms with Crippen molar-refractivity contribution in [3.63, 3.8) is 0 Å². The van der Waals surface area contributed by atoms with Crippen LogP contribution < -0.4 is 16.0 Å². The van der Waals surface area contributed by atoms with Crippen LogP contribution in [0.2, 0.25) is 0 Å². The molecule has 0 saturated carbocycles. The maximum absolute atomic E-state index is 11.7. The van der Waals surface area contributed by atoms with Gasteiger partial charge in [-0.25, -0.2) is 4.79 Å². The largest absolute Gasteiger partial charge is 0.444 e. The molecule has 0 aromatic carbocycles. The van der Waals surface area contributed by atoms with Crippen LogP contribution in [0.3, 0.4) is 0 Å². The molecule has 0 bridgehead atoms. The molecule has 0 aromatic heterocycles. The monoisotopic (exact) mass is 327 g/mol. The molecule has 1 aliphatic rings. The lowest BCUT2D eigenvalue weighted by molar-refractivity contribution is 0.0521. The average molecular weight is 328 g/mol. The van der Waals surface area contributed by atoms with Crippen LogP contribution in [-0.4, -0.2) is 42.9 Å². The number of ether oxygens (including phenoxy) is 1. The fourth-order valence-electron chi connectivity index (χ4n) is 3.04. The fraction of sp³-hybridized carbons (Fsp3) is 0.944. The van der Waals surface area contributed by atoms with Gasteiger partial charge in [0.2, 0.25) is 0 Å². The van der Waals surface area contributed by atoms with E-state index in [1.807, 2.05) is 20.8 Å². The highest BCUT2D eigenvalue weighted by atomic mass is 16.6. The first kappa shape index (κ1) is 20.2. The summed E-state index contributed by atoms with van der Waals surface area (Å²) < 4.78 is 5.29. The number of hydrogen-bond donors (Lipinski definition) is 3. The fourth-order valence-corrected chi connectivity index (χ4v) is 3.04. The first-order valence-electron chi connectivity index (χ1n) is 9.26. The smallest absolute Gasteiger partial charge is 0.407 e. The Kier molecular flexibility index (Phi) is 8.92. The minimum atomic E-state index is -0.447. The highest BCUT2D eigenvalue weighted by molar-refractivity contribution is 5.67. The Hall–Kier alpha value is -0.810. The molecule has 1 amide bonds. The zero-order valence-corrected chi connectivity index (χ0v) is 15.7. The van der Waals surface area contributed by atoms with Gasteiger partial charge in [-0.05, 0) is 59.9 Å². The third kappa shape index (κ3) is 9.82. The molecule has 0 spiro atoms. The molecule has 0 radical (unpaired) electrons. The summed E-state index contributed by atoms with van der Waals surface area (Å²) in [6, 6.07) is 1.34. The van der Waals surface area contributed by atoms with E-state index in [4.69, 9.17) is 4.74 Å². The molecule has 136 valence electrons. The van der Waals surface area contributed by atoms with E-state index in [0.29, 0.717) is 18.6 Å². The summed E-state index contributed by atoms with van der Waals surface area (Å²) in [5.74, 6) is 0. The highest BCUT2D eigenvalue weighted by Gasteiger charge is 2.19. The molecule has 1 fully saturated rings. The van der Waals surface area contributed by atoms with E-state index in [9.17, 15) is 4.79 Å². The zero-order chi connectivity index (χ0) is 17.3. The van der Waals surface area contributed by atoms with Crippen molar-refractivity contribution in [2.45, 2.75) is 96.9 Å². The third-order valence-electron chi connectivity index (χ3n) is 4.21. The van der Waals surface area contributed by atoms with E-state index < -0.39 is 5.60 Å². The predicted molar refractivity (Wildman–Crippen MR) is 95.8 cm³/mol. The van der Waals surface area contributed by atoms with E-state index in [1.54, 1.807) is 0 Å². The normalized spacial score (nSPS) is 22.0. The number of rotatable bonds is 7. The molecule has 3 atom stereocenters. The minimum absolute atomic E-state index is 0.281. The van der Waals surface area contributed by atoms with Gasteiger partial charge in [0.25, 0.3) is 0 Å². The third-order valence-corrected chi connectivity index (χ3v) is 4.21. The first-order chi connectivity index (χ1) is 10.8. The van der Waals surface area contributed by atoms with Crippen LogP contribution in [0.4, 0.5) is 4.79 Å². The number of hydrogen-bond acceptors (Lipinski definition) is 4. The molecule has 5 nitrogen and oxygen atoms in total. The highest BCUT2D eigenvalue weighted by Crippen LogP contribution is 2.13. The summed E-state index contributed by atoms with van der Waals surface area (Å²) in [4.78, 5) is 11.7. The summed E-state index contributed by atoms with van der Waals surface area (Å²) in [5, 5.41) is 10.2. The van der Waals surface area contributed by atoms with Crippen molar-refractivity contribution < 1.29 is 9.53 Å². The Bertz CT molecular complexity index is 334. The second-order valence-electron chi connectivity index (χ2n) is 7.79. The van der Waals surface area contributed by atoms with Gasteiger partial charge in [-0.2, -0.15) is 0 Å². The van der Waals surface area contributed by atoms with Crippen molar-refractivity contribution in [3.05, 3.63) is 0 Å². The molecule has 0 aliphatic carbocycles. The Morgan fingerprint density at radius 1 is 1.30 bits per heavy atom. The number of nitrogens with one attached hydrogen (secondary N) is 3. The lowest BCUT2D eigenvalue weighted by atomic mass is 10.0. The van der Waals surface area contributed by atoms with Gasteiger partial charge < -0.3 is 20.7 Å². The quantitative estimate of drug-likeness (QED) is 0.672. The summed E-state index contributed by atoms with van der Waals surface area (Å²) in [6.45, 7) is 11.8. The Balaban J connectivity index is 2.29. The van der Waals surface area contributed by atoms with E-state index in [-0.39, 0.29) is 12.1 Å². The van der Waals surface area contributed by atoms with Gasteiger partial charge in [-0.1, -0.05) is 19.8 Å². The van der Waals surface area contributed by atoms with Crippen molar-refractivity contribution in [3.8, 4) is 0 Å². The van der Waals surface area contributed by atoms with Gasteiger partial charge in [0.05, 0.1) is 0 Å². The topological polar surface area (TPSA) is 62.4 Å². The van der Waals surface area contributed by atoms with Gasteiger partial charge in [-0.3, -0.25) is 0 Å². The molecule has 3 N–H and O–H groups in total. The van der Waals surface area contributed by atoms with Crippen LogP contribution in [-0.2, 0) is 4.74 Å². The second-order valence-corrected chi connectivity index (χ2v) is 7.79. The SMILES string of the molecule is CCC(CNC(=O)OC(C)(C)C)NC(C)CC1CCCCCN1. The molecule has 0 aromatic rings. The lowest BCUT2D eigenvalue weighted by Gasteiger charge is -2.27. The summed E-state index contributed by atoms with van der Waals surface area (Å²) in [6.07, 6.45) is 7.05. The molecule has 1 rings (SSSR count). The Morgan fingerprint density at radius 2 is 2.04 bits per heavy atom. The minimum Gasteiger partial charge on any atom is -0.444 e. The van der Waals surface area contributed by atoms with Crippen molar-refractivity contribution in [2.75, 3.05) is 13.1 Å². The van der Waals surface area contributed by atoms with Crippen molar-refractivity contribution >= 4 is 6.09 Å². The standard InChI is InChI=1S/C18H37N3O2/c1-6-15(13-20-17(22)23-18(3,4)5)21-14(2)12-16-10-8-7-9-11-19-16/h14-16,19,21H,6-13H2,1-5H3,(H,20,22). The first-order valence-corrected chi connectivity index (χ1v) is 9.26. The van der Waals surface area contributed by atoms with Crippen LogP contribution in [0.1, 0.15) is 73.1 Å². The lowest BCUT2D eigenvalue weighted by Crippen LogP contribution is -2.47. The number of carbonyl (C=O) groups is 1. The Morgan fingerprint density at radius 3 is 2.70 bits per heavy atom. The number of carbonyl (C=O) groups excluding carboxylic acids is 1. The average Bonchev–Trinajstić information content (AvgIpc) is 2.70.